The first-order valence-electron chi connectivity index (χ1n) is 4.43. The second-order valence-corrected chi connectivity index (χ2v) is 3.54. The zero-order chi connectivity index (χ0) is 7.97. The first kappa shape index (κ1) is 6.80. The van der Waals surface area contributed by atoms with Gasteiger partial charge in [-0.05, 0) is 0 Å². The molecule has 1 N–H and O–H groups in total. The number of hydrogen-bond donors (Lipinski definition) is 1. The lowest BCUT2D eigenvalue weighted by atomic mass is 10.1. The van der Waals surface area contributed by atoms with Gasteiger partial charge in [0.1, 0.15) is 0 Å². The molecule has 3 unspecified atom stereocenters. The molecule has 0 aromatic carbocycles. The average molecular weight is 168 g/mol. The van der Waals surface area contributed by atoms with Gasteiger partial charge in [-0.1, -0.05) is 5.22 Å². The lowest BCUT2D eigenvalue weighted by Gasteiger charge is -2.36. The van der Waals surface area contributed by atoms with Crippen LogP contribution in [0.15, 0.2) is 10.3 Å². The van der Waals surface area contributed by atoms with Crippen molar-refractivity contribution in [2.75, 3.05) is 26.2 Å². The summed E-state index contributed by atoms with van der Waals surface area (Å²) in [6, 6.07) is 0.834. The minimum Gasteiger partial charge on any atom is -0.372 e. The fraction of sp³-hybridized carbons (Fsp3) is 1.00. The van der Waals surface area contributed by atoms with Crippen molar-refractivity contribution < 1.29 is 4.74 Å². The van der Waals surface area contributed by atoms with Crippen molar-refractivity contribution in [3.05, 3.63) is 0 Å². The molecule has 0 radical (unpaired) electrons. The molecule has 2 fully saturated rings. The lowest BCUT2D eigenvalue weighted by molar-refractivity contribution is -0.0703. The van der Waals surface area contributed by atoms with Gasteiger partial charge in [-0.25, -0.2) is 0 Å². The SMILES string of the molecule is C1NCC2C1OCC1CN=NN12. The van der Waals surface area contributed by atoms with Crippen molar-refractivity contribution in [2.24, 2.45) is 10.3 Å². The molecule has 0 aromatic rings. The van der Waals surface area contributed by atoms with Gasteiger partial charge in [0.15, 0.2) is 0 Å². The van der Waals surface area contributed by atoms with Gasteiger partial charge in [0.25, 0.3) is 0 Å². The van der Waals surface area contributed by atoms with Gasteiger partial charge in [-0.15, -0.1) is 0 Å². The number of hydrogen-bond acceptors (Lipinski definition) is 5. The predicted octanol–water partition coefficient (Wildman–Crippen LogP) is -0.592. The highest BCUT2D eigenvalue weighted by molar-refractivity contribution is 4.96. The van der Waals surface area contributed by atoms with E-state index in [1.54, 1.807) is 0 Å². The van der Waals surface area contributed by atoms with E-state index in [1.807, 2.05) is 0 Å². The zero-order valence-electron chi connectivity index (χ0n) is 6.81. The monoisotopic (exact) mass is 168 g/mol. The molecule has 0 spiro atoms. The maximum Gasteiger partial charge on any atom is 0.0939 e. The highest BCUT2D eigenvalue weighted by atomic mass is 16.5. The molecule has 0 aromatic heterocycles. The second-order valence-electron chi connectivity index (χ2n) is 3.54. The third-order valence-electron chi connectivity index (χ3n) is 2.80. The van der Waals surface area contributed by atoms with Gasteiger partial charge >= 0.3 is 0 Å². The van der Waals surface area contributed by atoms with Crippen molar-refractivity contribution in [3.63, 3.8) is 0 Å². The topological polar surface area (TPSA) is 49.2 Å². The average Bonchev–Trinajstić information content (AvgIpc) is 2.71. The Bertz CT molecular complexity index is 219. The minimum absolute atomic E-state index is 0.332. The molecule has 5 heteroatoms. The van der Waals surface area contributed by atoms with Crippen LogP contribution in [0, 0.1) is 0 Å². The van der Waals surface area contributed by atoms with Crippen LogP contribution in [0.3, 0.4) is 0 Å². The van der Waals surface area contributed by atoms with Crippen LogP contribution in [-0.4, -0.2) is 49.4 Å². The van der Waals surface area contributed by atoms with E-state index in [4.69, 9.17) is 4.74 Å². The maximum absolute atomic E-state index is 5.69. The third-order valence-corrected chi connectivity index (χ3v) is 2.80. The van der Waals surface area contributed by atoms with Gasteiger partial charge in [0, 0.05) is 13.1 Å². The Hall–Kier alpha value is -0.680. The Morgan fingerprint density at radius 2 is 2.42 bits per heavy atom. The number of morpholine rings is 1. The third kappa shape index (κ3) is 0.804. The van der Waals surface area contributed by atoms with E-state index in [0.29, 0.717) is 18.2 Å². The van der Waals surface area contributed by atoms with Crippen LogP contribution < -0.4 is 5.32 Å². The molecule has 12 heavy (non-hydrogen) atoms. The van der Waals surface area contributed by atoms with E-state index in [2.05, 4.69) is 20.7 Å². The highest BCUT2D eigenvalue weighted by Crippen LogP contribution is 2.25. The molecular weight excluding hydrogens is 156 g/mol. The maximum atomic E-state index is 5.69. The van der Waals surface area contributed by atoms with Crippen molar-refractivity contribution >= 4 is 0 Å². The van der Waals surface area contributed by atoms with Gasteiger partial charge in [0.2, 0.25) is 0 Å². The normalized spacial score (nSPS) is 44.7. The van der Waals surface area contributed by atoms with E-state index < -0.39 is 0 Å². The van der Waals surface area contributed by atoms with E-state index in [9.17, 15) is 0 Å². The van der Waals surface area contributed by atoms with E-state index in [-0.39, 0.29) is 0 Å². The lowest BCUT2D eigenvalue weighted by Crippen LogP contribution is -2.52. The van der Waals surface area contributed by atoms with Gasteiger partial charge in [-0.3, -0.25) is 5.01 Å². The van der Waals surface area contributed by atoms with Crippen LogP contribution in [0.4, 0.5) is 0 Å². The fourth-order valence-electron chi connectivity index (χ4n) is 2.14. The Labute approximate surface area is 70.8 Å². The Kier molecular flexibility index (Phi) is 1.36. The van der Waals surface area contributed by atoms with Crippen molar-refractivity contribution in [1.29, 1.82) is 0 Å². The van der Waals surface area contributed by atoms with Crippen LogP contribution in [0.2, 0.25) is 0 Å². The summed E-state index contributed by atoms with van der Waals surface area (Å²) in [6.45, 7) is 3.54. The first-order chi connectivity index (χ1) is 5.95. The molecule has 0 amide bonds. The summed E-state index contributed by atoms with van der Waals surface area (Å²) >= 11 is 0. The molecule has 2 saturated heterocycles. The largest absolute Gasteiger partial charge is 0.372 e. The van der Waals surface area contributed by atoms with Gasteiger partial charge < -0.3 is 10.1 Å². The standard InChI is InChI=1S/C7H12N4O/c1-5-4-12-7-3-8-2-6(7)11(5)10-9-1/h5-8H,1-4H2. The number of nitrogens with zero attached hydrogens (tertiary/aromatic N) is 3. The number of nitrogens with one attached hydrogen (secondary N) is 1. The summed E-state index contributed by atoms with van der Waals surface area (Å²) < 4.78 is 5.69. The van der Waals surface area contributed by atoms with Crippen LogP contribution in [0.5, 0.6) is 0 Å². The smallest absolute Gasteiger partial charge is 0.0939 e. The van der Waals surface area contributed by atoms with Crippen LogP contribution in [0.25, 0.3) is 0 Å². The van der Waals surface area contributed by atoms with Crippen LogP contribution >= 0.6 is 0 Å². The van der Waals surface area contributed by atoms with E-state index in [0.717, 1.165) is 26.2 Å². The first-order valence-corrected chi connectivity index (χ1v) is 4.43. The van der Waals surface area contributed by atoms with Crippen molar-refractivity contribution in [1.82, 2.24) is 10.3 Å². The molecule has 3 rings (SSSR count). The summed E-state index contributed by atoms with van der Waals surface area (Å²) in [4.78, 5) is 0. The van der Waals surface area contributed by atoms with Crippen LogP contribution in [0.1, 0.15) is 0 Å². The van der Waals surface area contributed by atoms with Gasteiger partial charge in [0.05, 0.1) is 31.3 Å². The van der Waals surface area contributed by atoms with E-state index in [1.165, 1.54) is 0 Å². The number of ether oxygens (including phenoxy) is 1. The molecular formula is C7H12N4O. The molecule has 3 heterocycles. The molecule has 3 aliphatic heterocycles. The molecule has 0 saturated carbocycles. The quantitative estimate of drug-likeness (QED) is 0.526. The Morgan fingerprint density at radius 1 is 1.42 bits per heavy atom. The summed E-state index contributed by atoms with van der Waals surface area (Å²) in [6.07, 6.45) is 0.332. The molecule has 66 valence electrons. The second kappa shape index (κ2) is 2.40. The van der Waals surface area contributed by atoms with Gasteiger partial charge in [-0.2, -0.15) is 5.11 Å². The Balaban J connectivity index is 1.85. The van der Waals surface area contributed by atoms with Crippen molar-refractivity contribution in [2.45, 2.75) is 18.2 Å². The van der Waals surface area contributed by atoms with E-state index >= 15 is 0 Å². The zero-order valence-corrected chi connectivity index (χ0v) is 6.81. The predicted molar refractivity (Wildman–Crippen MR) is 41.7 cm³/mol. The molecule has 3 atom stereocenters. The summed E-state index contributed by atoms with van der Waals surface area (Å²) in [5, 5.41) is 13.6. The molecule has 5 nitrogen and oxygen atoms in total. The number of rotatable bonds is 0. The minimum atomic E-state index is 0.332. The highest BCUT2D eigenvalue weighted by Gasteiger charge is 2.42. The summed E-state index contributed by atoms with van der Waals surface area (Å²) in [7, 11) is 0. The molecule has 3 aliphatic rings. The fourth-order valence-corrected chi connectivity index (χ4v) is 2.14. The Morgan fingerprint density at radius 3 is 3.42 bits per heavy atom. The molecule has 0 aliphatic carbocycles. The summed E-state index contributed by atoms with van der Waals surface area (Å²) in [5.74, 6) is 0. The summed E-state index contributed by atoms with van der Waals surface area (Å²) in [5.41, 5.74) is 0. The number of fused-ring (bicyclic) bond motifs is 3. The van der Waals surface area contributed by atoms with Crippen molar-refractivity contribution in [3.8, 4) is 0 Å². The molecule has 0 bridgehead atoms. The van der Waals surface area contributed by atoms with Crippen LogP contribution in [-0.2, 0) is 4.74 Å².